The van der Waals surface area contributed by atoms with Crippen LogP contribution < -0.4 is 5.32 Å². The number of hydrogen-bond acceptors (Lipinski definition) is 3. The van der Waals surface area contributed by atoms with Crippen molar-refractivity contribution in [1.29, 1.82) is 0 Å². The van der Waals surface area contributed by atoms with Crippen molar-refractivity contribution in [2.24, 2.45) is 0 Å². The van der Waals surface area contributed by atoms with E-state index >= 15 is 0 Å². The minimum Gasteiger partial charge on any atom is -0.329 e. The van der Waals surface area contributed by atoms with Gasteiger partial charge in [0.1, 0.15) is 0 Å². The van der Waals surface area contributed by atoms with Gasteiger partial charge in [0, 0.05) is 16.1 Å². The molecule has 1 heterocycles. The molecule has 2 aromatic carbocycles. The molecule has 3 aromatic rings. The number of benzene rings is 2. The molecule has 0 unspecified atom stereocenters. The lowest BCUT2D eigenvalue weighted by Gasteiger charge is -2.00. The highest BCUT2D eigenvalue weighted by Crippen LogP contribution is 2.26. The molecule has 22 heavy (non-hydrogen) atoms. The predicted molar refractivity (Wildman–Crippen MR) is 90.9 cm³/mol. The number of carbonyl (C=O) groups is 1. The van der Waals surface area contributed by atoms with Crippen molar-refractivity contribution in [3.8, 4) is 22.5 Å². The number of H-pyrrole nitrogens is 1. The normalized spacial score (nSPS) is 10.4. The van der Waals surface area contributed by atoms with Gasteiger partial charge in [0.2, 0.25) is 6.41 Å². The van der Waals surface area contributed by atoms with Gasteiger partial charge in [-0.1, -0.05) is 24.3 Å². The number of anilines is 1. The third-order valence-electron chi connectivity index (χ3n) is 3.39. The van der Waals surface area contributed by atoms with Gasteiger partial charge < -0.3 is 5.32 Å². The fourth-order valence-electron chi connectivity index (χ4n) is 2.19. The van der Waals surface area contributed by atoms with E-state index in [0.29, 0.717) is 6.41 Å². The summed E-state index contributed by atoms with van der Waals surface area (Å²) < 4.78 is 0. The van der Waals surface area contributed by atoms with Crippen molar-refractivity contribution in [3.63, 3.8) is 0 Å². The molecule has 0 aliphatic carbocycles. The van der Waals surface area contributed by atoms with Crippen LogP contribution in [0.5, 0.6) is 0 Å². The van der Waals surface area contributed by atoms with E-state index in [9.17, 15) is 4.79 Å². The molecule has 0 aliphatic heterocycles. The summed E-state index contributed by atoms with van der Waals surface area (Å²) in [6, 6.07) is 18.0. The number of nitrogens with one attached hydrogen (secondary N) is 2. The third kappa shape index (κ3) is 3.04. The zero-order valence-corrected chi connectivity index (χ0v) is 12.9. The van der Waals surface area contributed by atoms with Crippen molar-refractivity contribution in [1.82, 2.24) is 10.2 Å². The van der Waals surface area contributed by atoms with Gasteiger partial charge in [-0.2, -0.15) is 5.10 Å². The van der Waals surface area contributed by atoms with Gasteiger partial charge >= 0.3 is 0 Å². The highest BCUT2D eigenvalue weighted by Gasteiger charge is 2.06. The second kappa shape index (κ2) is 6.49. The molecule has 110 valence electrons. The van der Waals surface area contributed by atoms with Crippen molar-refractivity contribution >= 4 is 23.9 Å². The number of nitrogens with zero attached hydrogens (tertiary/aromatic N) is 1. The average molecular weight is 309 g/mol. The highest BCUT2D eigenvalue weighted by atomic mass is 32.2. The molecular formula is C17H15N3OS. The molecule has 0 aliphatic rings. The summed E-state index contributed by atoms with van der Waals surface area (Å²) in [4.78, 5) is 11.6. The van der Waals surface area contributed by atoms with Crippen LogP contribution in [-0.4, -0.2) is 22.9 Å². The fourth-order valence-corrected chi connectivity index (χ4v) is 2.60. The SMILES string of the molecule is CSc1ccc(-c2cc(-c3ccc(NC=O)cc3)[nH]n2)cc1. The first-order valence-electron chi connectivity index (χ1n) is 6.80. The van der Waals surface area contributed by atoms with Gasteiger partial charge in [-0.25, -0.2) is 0 Å². The summed E-state index contributed by atoms with van der Waals surface area (Å²) in [5.74, 6) is 0. The maximum absolute atomic E-state index is 10.4. The van der Waals surface area contributed by atoms with Gasteiger partial charge in [-0.05, 0) is 42.2 Å². The molecule has 3 rings (SSSR count). The van der Waals surface area contributed by atoms with Gasteiger partial charge in [0.15, 0.2) is 0 Å². The number of amides is 1. The maximum Gasteiger partial charge on any atom is 0.211 e. The Kier molecular flexibility index (Phi) is 4.25. The molecule has 0 bridgehead atoms. The Balaban J connectivity index is 1.84. The van der Waals surface area contributed by atoms with Crippen LogP contribution in [0.2, 0.25) is 0 Å². The van der Waals surface area contributed by atoms with Gasteiger partial charge in [-0.15, -0.1) is 11.8 Å². The van der Waals surface area contributed by atoms with E-state index in [1.165, 1.54) is 4.90 Å². The topological polar surface area (TPSA) is 57.8 Å². The summed E-state index contributed by atoms with van der Waals surface area (Å²) in [7, 11) is 0. The first-order chi connectivity index (χ1) is 10.8. The van der Waals surface area contributed by atoms with Crippen LogP contribution in [0.25, 0.3) is 22.5 Å². The molecule has 0 atom stereocenters. The quantitative estimate of drug-likeness (QED) is 0.552. The summed E-state index contributed by atoms with van der Waals surface area (Å²) in [6.07, 6.45) is 2.73. The van der Waals surface area contributed by atoms with Crippen LogP contribution in [0.3, 0.4) is 0 Å². The van der Waals surface area contributed by atoms with E-state index in [-0.39, 0.29) is 0 Å². The molecule has 5 heteroatoms. The Morgan fingerprint density at radius 2 is 1.73 bits per heavy atom. The number of hydrogen-bond donors (Lipinski definition) is 2. The second-order valence-corrected chi connectivity index (χ2v) is 5.61. The lowest BCUT2D eigenvalue weighted by Crippen LogP contribution is -1.92. The van der Waals surface area contributed by atoms with E-state index in [4.69, 9.17) is 0 Å². The maximum atomic E-state index is 10.4. The predicted octanol–water partition coefficient (Wildman–Crippen LogP) is 4.03. The van der Waals surface area contributed by atoms with Crippen LogP contribution in [0.1, 0.15) is 0 Å². The minimum absolute atomic E-state index is 0.668. The largest absolute Gasteiger partial charge is 0.329 e. The third-order valence-corrected chi connectivity index (χ3v) is 4.13. The number of thioether (sulfide) groups is 1. The molecule has 0 radical (unpaired) electrons. The summed E-state index contributed by atoms with van der Waals surface area (Å²) in [6.45, 7) is 0. The number of rotatable bonds is 5. The Morgan fingerprint density at radius 3 is 2.36 bits per heavy atom. The van der Waals surface area contributed by atoms with Crippen molar-refractivity contribution in [2.45, 2.75) is 4.90 Å². The Labute approximate surface area is 133 Å². The Morgan fingerprint density at radius 1 is 1.05 bits per heavy atom. The van der Waals surface area contributed by atoms with Gasteiger partial charge in [0.05, 0.1) is 11.4 Å². The zero-order valence-electron chi connectivity index (χ0n) is 12.0. The smallest absolute Gasteiger partial charge is 0.211 e. The minimum atomic E-state index is 0.668. The standard InChI is InChI=1S/C17H15N3OS/c1-22-15-8-4-13(5-9-15)17-10-16(19-20-17)12-2-6-14(7-3-12)18-11-21/h2-11H,1H3,(H,18,21)(H,19,20). The molecule has 2 N–H and O–H groups in total. The Hall–Kier alpha value is -2.53. The molecule has 1 aromatic heterocycles. The summed E-state index contributed by atoms with van der Waals surface area (Å²) in [5, 5.41) is 10.0. The number of aromatic amines is 1. The first kappa shape index (κ1) is 14.4. The first-order valence-corrected chi connectivity index (χ1v) is 8.03. The Bertz CT molecular complexity index is 763. The molecule has 4 nitrogen and oxygen atoms in total. The molecule has 0 spiro atoms. The van der Waals surface area contributed by atoms with Crippen molar-refractivity contribution in [3.05, 3.63) is 54.6 Å². The van der Waals surface area contributed by atoms with E-state index in [1.54, 1.807) is 11.8 Å². The lowest BCUT2D eigenvalue weighted by molar-refractivity contribution is -0.105. The molecule has 0 saturated carbocycles. The highest BCUT2D eigenvalue weighted by molar-refractivity contribution is 7.98. The monoisotopic (exact) mass is 309 g/mol. The van der Waals surface area contributed by atoms with Crippen LogP contribution in [-0.2, 0) is 4.79 Å². The molecule has 1 amide bonds. The number of aromatic nitrogens is 2. The summed E-state index contributed by atoms with van der Waals surface area (Å²) >= 11 is 1.72. The number of carbonyl (C=O) groups excluding carboxylic acids is 1. The van der Waals surface area contributed by atoms with E-state index in [1.807, 2.05) is 30.3 Å². The fraction of sp³-hybridized carbons (Fsp3) is 0.0588. The van der Waals surface area contributed by atoms with Gasteiger partial charge in [-0.3, -0.25) is 9.89 Å². The van der Waals surface area contributed by atoms with Crippen LogP contribution in [0.4, 0.5) is 5.69 Å². The van der Waals surface area contributed by atoms with Crippen molar-refractivity contribution < 1.29 is 4.79 Å². The van der Waals surface area contributed by atoms with Crippen LogP contribution in [0, 0.1) is 0 Å². The lowest BCUT2D eigenvalue weighted by atomic mass is 10.1. The second-order valence-electron chi connectivity index (χ2n) is 4.73. The van der Waals surface area contributed by atoms with Crippen LogP contribution in [0.15, 0.2) is 59.5 Å². The molecule has 0 fully saturated rings. The molecular weight excluding hydrogens is 294 g/mol. The summed E-state index contributed by atoms with van der Waals surface area (Å²) in [5.41, 5.74) is 4.74. The van der Waals surface area contributed by atoms with Crippen LogP contribution >= 0.6 is 11.8 Å². The van der Waals surface area contributed by atoms with Gasteiger partial charge in [0.25, 0.3) is 0 Å². The van der Waals surface area contributed by atoms with E-state index in [2.05, 4.69) is 46.0 Å². The zero-order chi connectivity index (χ0) is 15.4. The van der Waals surface area contributed by atoms with E-state index < -0.39 is 0 Å². The van der Waals surface area contributed by atoms with E-state index in [0.717, 1.165) is 28.2 Å². The van der Waals surface area contributed by atoms with Crippen molar-refractivity contribution in [2.75, 3.05) is 11.6 Å². The molecule has 0 saturated heterocycles. The average Bonchev–Trinajstić information content (AvgIpc) is 3.06.